The fourth-order valence-corrected chi connectivity index (χ4v) is 5.87. The summed E-state index contributed by atoms with van der Waals surface area (Å²) in [4.78, 5) is 34.2. The van der Waals surface area contributed by atoms with E-state index in [9.17, 15) is 9.59 Å². The number of carbonyl (C=O) groups is 1. The lowest BCUT2D eigenvalue weighted by Crippen LogP contribution is -2.29. The summed E-state index contributed by atoms with van der Waals surface area (Å²) < 4.78 is 23.6. The molecule has 2 aromatic heterocycles. The van der Waals surface area contributed by atoms with Crippen molar-refractivity contribution in [1.29, 1.82) is 0 Å². The number of thiazole rings is 1. The Morgan fingerprint density at radius 2 is 1.84 bits per heavy atom. The highest BCUT2D eigenvalue weighted by atomic mass is 32.1. The molecule has 0 saturated heterocycles. The molecule has 8 nitrogen and oxygen atoms in total. The molecule has 1 aliphatic rings. The number of aryl methyl sites for hydroxylation is 1. The average molecular weight is 529 g/mol. The van der Waals surface area contributed by atoms with Crippen molar-refractivity contribution >= 4 is 43.6 Å². The maximum Gasteiger partial charge on any atom is 0.297 e. The van der Waals surface area contributed by atoms with Gasteiger partial charge in [-0.2, -0.15) is 0 Å². The van der Waals surface area contributed by atoms with Gasteiger partial charge in [-0.1, -0.05) is 29.0 Å². The molecule has 1 atom stereocenters. The van der Waals surface area contributed by atoms with E-state index in [1.54, 1.807) is 38.5 Å². The summed E-state index contributed by atoms with van der Waals surface area (Å²) in [6.07, 6.45) is 0. The largest absolute Gasteiger partial charge is 0.497 e. The maximum atomic E-state index is 13.9. The monoisotopic (exact) mass is 528 g/mol. The van der Waals surface area contributed by atoms with Crippen LogP contribution in [0.1, 0.15) is 40.2 Å². The van der Waals surface area contributed by atoms with Crippen molar-refractivity contribution in [2.45, 2.75) is 19.9 Å². The number of fused-ring (bicyclic) bond motifs is 3. The van der Waals surface area contributed by atoms with E-state index < -0.39 is 11.9 Å². The van der Waals surface area contributed by atoms with E-state index in [1.807, 2.05) is 44.2 Å². The van der Waals surface area contributed by atoms with E-state index in [2.05, 4.69) is 0 Å². The van der Waals surface area contributed by atoms with E-state index in [0.29, 0.717) is 45.5 Å². The van der Waals surface area contributed by atoms with Crippen molar-refractivity contribution in [1.82, 2.24) is 4.98 Å². The SMILES string of the molecule is CCOc1ccc([C@@H]2c3c(oc4ccc(C)cc4c3=O)C(=O)N2c2nc3ccc(OC)cc3s2)cc1OC. The Morgan fingerprint density at radius 3 is 2.61 bits per heavy atom. The van der Waals surface area contributed by atoms with Crippen molar-refractivity contribution < 1.29 is 23.4 Å². The molecule has 9 heteroatoms. The van der Waals surface area contributed by atoms with Crippen LogP contribution in [-0.4, -0.2) is 31.7 Å². The van der Waals surface area contributed by atoms with Gasteiger partial charge in [0.25, 0.3) is 5.91 Å². The molecule has 5 aromatic rings. The molecular formula is C29H24N2O6S. The Balaban J connectivity index is 1.61. The van der Waals surface area contributed by atoms with Gasteiger partial charge in [-0.05, 0) is 61.9 Å². The summed E-state index contributed by atoms with van der Waals surface area (Å²) in [7, 11) is 3.15. The van der Waals surface area contributed by atoms with Crippen LogP contribution < -0.4 is 24.5 Å². The number of hydrogen-bond donors (Lipinski definition) is 0. The molecule has 0 saturated carbocycles. The molecule has 38 heavy (non-hydrogen) atoms. The van der Waals surface area contributed by atoms with Gasteiger partial charge in [0.15, 0.2) is 22.1 Å². The van der Waals surface area contributed by atoms with Crippen LogP contribution in [0.2, 0.25) is 0 Å². The number of benzene rings is 3. The summed E-state index contributed by atoms with van der Waals surface area (Å²) in [6.45, 7) is 4.27. The smallest absolute Gasteiger partial charge is 0.297 e. The lowest BCUT2D eigenvalue weighted by atomic mass is 9.98. The van der Waals surface area contributed by atoms with Crippen molar-refractivity contribution in [3.05, 3.63) is 87.3 Å². The molecule has 3 heterocycles. The second-order valence-electron chi connectivity index (χ2n) is 8.92. The first-order chi connectivity index (χ1) is 18.4. The molecular weight excluding hydrogens is 504 g/mol. The molecule has 0 aliphatic carbocycles. The third-order valence-corrected chi connectivity index (χ3v) is 7.64. The van der Waals surface area contributed by atoms with Crippen molar-refractivity contribution in [2.24, 2.45) is 0 Å². The Labute approximate surface area is 222 Å². The standard InChI is InChI=1S/C29H24N2O6S/c1-5-36-21-11-7-16(13-22(21)35-4)25-24-26(32)18-12-15(2)6-10-20(18)37-27(24)28(33)31(25)29-30-19-9-8-17(34-3)14-23(19)38-29/h6-14,25H,5H2,1-4H3/t25-/m1/s1. The molecule has 0 unspecified atom stereocenters. The highest BCUT2D eigenvalue weighted by Gasteiger charge is 2.45. The normalized spacial score (nSPS) is 14.8. The molecule has 1 aliphatic heterocycles. The minimum Gasteiger partial charge on any atom is -0.497 e. The van der Waals surface area contributed by atoms with E-state index in [0.717, 1.165) is 15.8 Å². The predicted molar refractivity (Wildman–Crippen MR) is 146 cm³/mol. The van der Waals surface area contributed by atoms with Gasteiger partial charge in [-0.25, -0.2) is 4.98 Å². The molecule has 192 valence electrons. The Kier molecular flexibility index (Phi) is 5.80. The number of methoxy groups -OCH3 is 2. The van der Waals surface area contributed by atoms with Crippen LogP contribution in [0, 0.1) is 6.92 Å². The number of rotatable bonds is 6. The third-order valence-electron chi connectivity index (χ3n) is 6.62. The first-order valence-electron chi connectivity index (χ1n) is 12.1. The van der Waals surface area contributed by atoms with E-state index in [4.69, 9.17) is 23.6 Å². The van der Waals surface area contributed by atoms with Gasteiger partial charge >= 0.3 is 0 Å². The molecule has 0 N–H and O–H groups in total. The van der Waals surface area contributed by atoms with Crippen LogP contribution in [0.5, 0.6) is 17.2 Å². The summed E-state index contributed by atoms with van der Waals surface area (Å²) in [6, 6.07) is 15.5. The number of anilines is 1. The van der Waals surface area contributed by atoms with Gasteiger partial charge in [0.2, 0.25) is 5.76 Å². The van der Waals surface area contributed by atoms with Gasteiger partial charge < -0.3 is 18.6 Å². The number of aromatic nitrogens is 1. The number of hydrogen-bond acceptors (Lipinski definition) is 8. The third kappa shape index (κ3) is 3.69. The zero-order valence-corrected chi connectivity index (χ0v) is 22.0. The second kappa shape index (κ2) is 9.18. The lowest BCUT2D eigenvalue weighted by Gasteiger charge is -2.23. The Hall–Kier alpha value is -4.37. The quantitative estimate of drug-likeness (QED) is 0.272. The van der Waals surface area contributed by atoms with Crippen LogP contribution in [0.3, 0.4) is 0 Å². The average Bonchev–Trinajstić information content (AvgIpc) is 3.47. The topological polar surface area (TPSA) is 91.1 Å². The van der Waals surface area contributed by atoms with Gasteiger partial charge in [0, 0.05) is 0 Å². The zero-order valence-electron chi connectivity index (χ0n) is 21.2. The van der Waals surface area contributed by atoms with Gasteiger partial charge in [0.05, 0.1) is 48.0 Å². The van der Waals surface area contributed by atoms with Crippen LogP contribution in [0.15, 0.2) is 63.8 Å². The summed E-state index contributed by atoms with van der Waals surface area (Å²) in [5.41, 5.74) is 2.71. The van der Waals surface area contributed by atoms with Crippen LogP contribution in [0.25, 0.3) is 21.2 Å². The van der Waals surface area contributed by atoms with Gasteiger partial charge in [0.1, 0.15) is 11.3 Å². The van der Waals surface area contributed by atoms with E-state index in [-0.39, 0.29) is 16.8 Å². The minimum atomic E-state index is -0.773. The first kappa shape index (κ1) is 24.0. The lowest BCUT2D eigenvalue weighted by molar-refractivity contribution is 0.0971. The second-order valence-corrected chi connectivity index (χ2v) is 9.93. The molecule has 0 radical (unpaired) electrons. The fourth-order valence-electron chi connectivity index (χ4n) is 4.85. The highest BCUT2D eigenvalue weighted by Crippen LogP contribution is 2.45. The van der Waals surface area contributed by atoms with Crippen LogP contribution in [-0.2, 0) is 0 Å². The van der Waals surface area contributed by atoms with Crippen molar-refractivity contribution in [3.63, 3.8) is 0 Å². The highest BCUT2D eigenvalue weighted by molar-refractivity contribution is 7.22. The van der Waals surface area contributed by atoms with E-state index >= 15 is 0 Å². The zero-order chi connectivity index (χ0) is 26.6. The number of ether oxygens (including phenoxy) is 3. The molecule has 3 aromatic carbocycles. The first-order valence-corrected chi connectivity index (χ1v) is 12.9. The molecule has 1 amide bonds. The summed E-state index contributed by atoms with van der Waals surface area (Å²) >= 11 is 1.34. The Bertz CT molecular complexity index is 1790. The fraction of sp³-hybridized carbons (Fsp3) is 0.207. The van der Waals surface area contributed by atoms with Gasteiger partial charge in [-0.3, -0.25) is 14.5 Å². The van der Waals surface area contributed by atoms with E-state index in [1.165, 1.54) is 16.2 Å². The Morgan fingerprint density at radius 1 is 1.00 bits per heavy atom. The van der Waals surface area contributed by atoms with Crippen molar-refractivity contribution in [2.75, 3.05) is 25.7 Å². The molecule has 0 bridgehead atoms. The maximum absolute atomic E-state index is 13.9. The van der Waals surface area contributed by atoms with Gasteiger partial charge in [-0.15, -0.1) is 0 Å². The number of nitrogens with zero attached hydrogens (tertiary/aromatic N) is 2. The molecule has 0 fully saturated rings. The van der Waals surface area contributed by atoms with Crippen LogP contribution >= 0.6 is 11.3 Å². The summed E-state index contributed by atoms with van der Waals surface area (Å²) in [5, 5.41) is 0.873. The number of amides is 1. The number of carbonyl (C=O) groups excluding carboxylic acids is 1. The molecule has 6 rings (SSSR count). The predicted octanol–water partition coefficient (Wildman–Crippen LogP) is 5.88. The van der Waals surface area contributed by atoms with Crippen LogP contribution in [0.4, 0.5) is 5.13 Å². The minimum absolute atomic E-state index is 0.0149. The summed E-state index contributed by atoms with van der Waals surface area (Å²) in [5.74, 6) is 1.35. The molecule has 0 spiro atoms. The van der Waals surface area contributed by atoms with Crippen molar-refractivity contribution in [3.8, 4) is 17.2 Å².